The number of hydrogen-bond acceptors (Lipinski definition) is 2. The lowest BCUT2D eigenvalue weighted by atomic mass is 9.64. The molecular weight excluding hydrogens is 260 g/mol. The molecule has 4 rings (SSSR count). The summed E-state index contributed by atoms with van der Waals surface area (Å²) in [5, 5.41) is 3.14. The molecule has 1 spiro atoms. The summed E-state index contributed by atoms with van der Waals surface area (Å²) < 4.78 is 0. The van der Waals surface area contributed by atoms with Crippen LogP contribution in [0.15, 0.2) is 30.3 Å². The Balaban J connectivity index is 1.43. The molecule has 3 aliphatic rings. The molecule has 1 aliphatic carbocycles. The highest BCUT2D eigenvalue weighted by molar-refractivity contribution is 5.90. The first kappa shape index (κ1) is 13.3. The molecule has 3 heteroatoms. The number of hydrogen-bond donors (Lipinski definition) is 1. The molecule has 112 valence electrons. The van der Waals surface area contributed by atoms with Crippen LogP contribution in [0.4, 0.5) is 0 Å². The van der Waals surface area contributed by atoms with Crippen molar-refractivity contribution >= 4 is 5.91 Å². The van der Waals surface area contributed by atoms with Gasteiger partial charge in [0.1, 0.15) is 0 Å². The standard InChI is InChI=1S/C18H24N2O/c21-17-18(16(19-17)15-7-2-1-3-8-15)9-11-20(12-10-18)13-14-5-4-6-14/h1-3,7-8,14,16H,4-6,9-13H2,(H,19,21). The van der Waals surface area contributed by atoms with Crippen molar-refractivity contribution in [3.8, 4) is 0 Å². The van der Waals surface area contributed by atoms with Crippen molar-refractivity contribution in [1.82, 2.24) is 10.2 Å². The molecular formula is C18H24N2O. The van der Waals surface area contributed by atoms with E-state index < -0.39 is 0 Å². The van der Waals surface area contributed by atoms with E-state index >= 15 is 0 Å². The van der Waals surface area contributed by atoms with E-state index in [2.05, 4.69) is 34.5 Å². The molecule has 1 aromatic carbocycles. The van der Waals surface area contributed by atoms with Crippen LogP contribution in [0.3, 0.4) is 0 Å². The molecule has 1 saturated carbocycles. The van der Waals surface area contributed by atoms with Gasteiger partial charge in [-0.2, -0.15) is 0 Å². The number of likely N-dealkylation sites (tertiary alicyclic amines) is 1. The molecule has 2 aliphatic heterocycles. The zero-order valence-electron chi connectivity index (χ0n) is 12.6. The molecule has 1 atom stereocenters. The Bertz CT molecular complexity index is 515. The second-order valence-electron chi connectivity index (χ2n) is 7.07. The van der Waals surface area contributed by atoms with Crippen molar-refractivity contribution in [2.45, 2.75) is 38.1 Å². The van der Waals surface area contributed by atoms with Gasteiger partial charge in [-0.1, -0.05) is 36.8 Å². The fraction of sp³-hybridized carbons (Fsp3) is 0.611. The predicted molar refractivity (Wildman–Crippen MR) is 82.8 cm³/mol. The Morgan fingerprint density at radius 3 is 2.43 bits per heavy atom. The smallest absolute Gasteiger partial charge is 0.229 e. The van der Waals surface area contributed by atoms with E-state index in [0.29, 0.717) is 0 Å². The third kappa shape index (κ3) is 2.18. The first-order valence-corrected chi connectivity index (χ1v) is 8.36. The maximum absolute atomic E-state index is 12.3. The van der Waals surface area contributed by atoms with Gasteiger partial charge in [-0.15, -0.1) is 0 Å². The summed E-state index contributed by atoms with van der Waals surface area (Å²) in [4.78, 5) is 14.8. The van der Waals surface area contributed by atoms with E-state index in [4.69, 9.17) is 0 Å². The van der Waals surface area contributed by atoms with Crippen LogP contribution in [0.5, 0.6) is 0 Å². The summed E-state index contributed by atoms with van der Waals surface area (Å²) in [5.41, 5.74) is 1.14. The van der Waals surface area contributed by atoms with Gasteiger partial charge in [-0.25, -0.2) is 0 Å². The first-order chi connectivity index (χ1) is 10.3. The van der Waals surface area contributed by atoms with Crippen LogP contribution >= 0.6 is 0 Å². The van der Waals surface area contributed by atoms with Crippen LogP contribution in [0.25, 0.3) is 0 Å². The minimum Gasteiger partial charge on any atom is -0.348 e. The summed E-state index contributed by atoms with van der Waals surface area (Å²) >= 11 is 0. The van der Waals surface area contributed by atoms with Crippen LogP contribution < -0.4 is 5.32 Å². The zero-order valence-corrected chi connectivity index (χ0v) is 12.6. The Morgan fingerprint density at radius 2 is 1.86 bits per heavy atom. The van der Waals surface area contributed by atoms with Gasteiger partial charge in [-0.3, -0.25) is 4.79 Å². The van der Waals surface area contributed by atoms with Crippen molar-refractivity contribution in [3.05, 3.63) is 35.9 Å². The van der Waals surface area contributed by atoms with E-state index in [0.717, 1.165) is 31.8 Å². The van der Waals surface area contributed by atoms with E-state index in [1.165, 1.54) is 31.4 Å². The average molecular weight is 284 g/mol. The van der Waals surface area contributed by atoms with Crippen molar-refractivity contribution in [2.24, 2.45) is 11.3 Å². The normalized spacial score (nSPS) is 28.8. The van der Waals surface area contributed by atoms with Crippen molar-refractivity contribution in [1.29, 1.82) is 0 Å². The number of rotatable bonds is 3. The largest absolute Gasteiger partial charge is 0.348 e. The lowest BCUT2D eigenvalue weighted by Gasteiger charge is -2.53. The third-order valence-electron chi connectivity index (χ3n) is 5.90. The monoisotopic (exact) mass is 284 g/mol. The first-order valence-electron chi connectivity index (χ1n) is 8.36. The second-order valence-corrected chi connectivity index (χ2v) is 7.07. The van der Waals surface area contributed by atoms with Crippen molar-refractivity contribution in [3.63, 3.8) is 0 Å². The Hall–Kier alpha value is -1.35. The van der Waals surface area contributed by atoms with Gasteiger partial charge in [0, 0.05) is 6.54 Å². The number of nitrogens with zero attached hydrogens (tertiary/aromatic N) is 1. The molecule has 2 heterocycles. The number of piperidine rings is 1. The van der Waals surface area contributed by atoms with Crippen LogP contribution in [0.2, 0.25) is 0 Å². The fourth-order valence-corrected chi connectivity index (χ4v) is 4.21. The molecule has 0 aromatic heterocycles. The van der Waals surface area contributed by atoms with Gasteiger partial charge in [0.25, 0.3) is 0 Å². The Morgan fingerprint density at radius 1 is 1.14 bits per heavy atom. The topological polar surface area (TPSA) is 32.3 Å². The third-order valence-corrected chi connectivity index (χ3v) is 5.90. The number of carbonyl (C=O) groups is 1. The quantitative estimate of drug-likeness (QED) is 0.866. The molecule has 2 saturated heterocycles. The van der Waals surface area contributed by atoms with Crippen molar-refractivity contribution < 1.29 is 4.79 Å². The van der Waals surface area contributed by atoms with Gasteiger partial charge in [0.2, 0.25) is 5.91 Å². The van der Waals surface area contributed by atoms with Crippen molar-refractivity contribution in [2.75, 3.05) is 19.6 Å². The highest BCUT2D eigenvalue weighted by Crippen LogP contribution is 2.49. The van der Waals surface area contributed by atoms with E-state index in [9.17, 15) is 4.79 Å². The lowest BCUT2D eigenvalue weighted by molar-refractivity contribution is -0.151. The van der Waals surface area contributed by atoms with Gasteiger partial charge in [-0.05, 0) is 50.3 Å². The summed E-state index contributed by atoms with van der Waals surface area (Å²) in [5.74, 6) is 1.21. The number of amides is 1. The molecule has 1 N–H and O–H groups in total. The number of nitrogens with one attached hydrogen (secondary N) is 1. The summed E-state index contributed by atoms with van der Waals surface area (Å²) in [6.45, 7) is 3.44. The van der Waals surface area contributed by atoms with E-state index in [-0.39, 0.29) is 17.4 Å². The van der Waals surface area contributed by atoms with Gasteiger partial charge in [0.05, 0.1) is 11.5 Å². The molecule has 3 nitrogen and oxygen atoms in total. The summed E-state index contributed by atoms with van der Waals surface area (Å²) in [7, 11) is 0. The molecule has 1 unspecified atom stereocenters. The fourth-order valence-electron chi connectivity index (χ4n) is 4.21. The van der Waals surface area contributed by atoms with Gasteiger partial charge >= 0.3 is 0 Å². The highest BCUT2D eigenvalue weighted by atomic mass is 16.2. The summed E-state index contributed by atoms with van der Waals surface area (Å²) in [6.07, 6.45) is 6.28. The van der Waals surface area contributed by atoms with Gasteiger partial charge in [0.15, 0.2) is 0 Å². The lowest BCUT2D eigenvalue weighted by Crippen LogP contribution is -2.64. The maximum atomic E-state index is 12.3. The van der Waals surface area contributed by atoms with E-state index in [1.807, 2.05) is 6.07 Å². The molecule has 1 amide bonds. The zero-order chi connectivity index (χ0) is 14.3. The molecule has 0 bridgehead atoms. The van der Waals surface area contributed by atoms with Crippen LogP contribution in [0.1, 0.15) is 43.7 Å². The van der Waals surface area contributed by atoms with Crippen LogP contribution in [-0.2, 0) is 4.79 Å². The number of benzene rings is 1. The SMILES string of the molecule is O=C1NC(c2ccccc2)C12CCN(CC1CCC1)CC2. The van der Waals surface area contributed by atoms with Crippen LogP contribution in [-0.4, -0.2) is 30.4 Å². The molecule has 3 fully saturated rings. The number of carbonyl (C=O) groups excluding carboxylic acids is 1. The Kier molecular flexibility index (Phi) is 3.26. The van der Waals surface area contributed by atoms with Gasteiger partial charge < -0.3 is 10.2 Å². The predicted octanol–water partition coefficient (Wildman–Crippen LogP) is 2.74. The molecule has 0 radical (unpaired) electrons. The maximum Gasteiger partial charge on any atom is 0.229 e. The molecule has 21 heavy (non-hydrogen) atoms. The average Bonchev–Trinajstić information content (AvgIpc) is 2.50. The minimum atomic E-state index is -0.128. The highest BCUT2D eigenvalue weighted by Gasteiger charge is 2.56. The van der Waals surface area contributed by atoms with Crippen LogP contribution in [0, 0.1) is 11.3 Å². The second kappa shape index (κ2) is 5.13. The Labute approximate surface area is 126 Å². The summed E-state index contributed by atoms with van der Waals surface area (Å²) in [6, 6.07) is 10.7. The van der Waals surface area contributed by atoms with E-state index in [1.54, 1.807) is 0 Å². The number of β-lactam (4-membered cyclic amide) rings is 1. The minimum absolute atomic E-state index is 0.128. The molecule has 1 aromatic rings.